The molecule has 14 heavy (non-hydrogen) atoms. The number of hydrogen-bond donors (Lipinski definition) is 2. The molecule has 1 heterocycles. The summed E-state index contributed by atoms with van der Waals surface area (Å²) >= 11 is 0. The van der Waals surface area contributed by atoms with Gasteiger partial charge in [0.2, 0.25) is 0 Å². The van der Waals surface area contributed by atoms with Crippen LogP contribution in [0.3, 0.4) is 0 Å². The van der Waals surface area contributed by atoms with Gasteiger partial charge >= 0.3 is 0 Å². The van der Waals surface area contributed by atoms with Crippen LogP contribution in [0.1, 0.15) is 23.4 Å². The fourth-order valence-corrected chi connectivity index (χ4v) is 1.02. The van der Waals surface area contributed by atoms with Crippen LogP contribution in [-0.4, -0.2) is 4.98 Å². The molecule has 0 spiro atoms. The van der Waals surface area contributed by atoms with E-state index in [9.17, 15) is 13.6 Å². The lowest BCUT2D eigenvalue weighted by Gasteiger charge is -2.04. The number of halogens is 2. The number of aromatic amines is 1. The number of H-pyrrole nitrogens is 1. The summed E-state index contributed by atoms with van der Waals surface area (Å²) in [5.41, 5.74) is 3.41. The SMILES string of the molecule is N#Cc1c(C(F)F)[nH]c(CN)cc1=O. The minimum Gasteiger partial charge on any atom is -0.355 e. The van der Waals surface area contributed by atoms with Gasteiger partial charge < -0.3 is 10.7 Å². The van der Waals surface area contributed by atoms with Crippen molar-refractivity contribution in [2.75, 3.05) is 0 Å². The maximum Gasteiger partial charge on any atom is 0.279 e. The third-order valence-corrected chi connectivity index (χ3v) is 1.67. The van der Waals surface area contributed by atoms with E-state index in [1.807, 2.05) is 0 Å². The van der Waals surface area contributed by atoms with E-state index in [-0.39, 0.29) is 12.2 Å². The van der Waals surface area contributed by atoms with Gasteiger partial charge in [-0.05, 0) is 0 Å². The van der Waals surface area contributed by atoms with Crippen molar-refractivity contribution in [1.82, 2.24) is 4.98 Å². The molecule has 0 saturated heterocycles. The smallest absolute Gasteiger partial charge is 0.279 e. The topological polar surface area (TPSA) is 82.7 Å². The molecule has 0 aliphatic heterocycles. The number of alkyl halides is 2. The summed E-state index contributed by atoms with van der Waals surface area (Å²) in [5.74, 6) is 0. The third kappa shape index (κ3) is 1.78. The molecule has 0 unspecified atom stereocenters. The van der Waals surface area contributed by atoms with Gasteiger partial charge in [-0.3, -0.25) is 4.79 Å². The van der Waals surface area contributed by atoms with Crippen molar-refractivity contribution in [2.45, 2.75) is 13.0 Å². The first-order chi connectivity index (χ1) is 6.60. The molecule has 0 aliphatic carbocycles. The summed E-state index contributed by atoms with van der Waals surface area (Å²) in [7, 11) is 0. The standard InChI is InChI=1S/C8H7F2N3O/c9-8(10)7-5(3-12)6(14)1-4(2-11)13-7/h1,8H,2,11H2,(H,13,14). The number of nitrogens with two attached hydrogens (primary N) is 1. The summed E-state index contributed by atoms with van der Waals surface area (Å²) in [6.07, 6.45) is -2.89. The molecule has 4 nitrogen and oxygen atoms in total. The number of aromatic nitrogens is 1. The van der Waals surface area contributed by atoms with Crippen molar-refractivity contribution in [1.29, 1.82) is 5.26 Å². The Balaban J connectivity index is 3.46. The van der Waals surface area contributed by atoms with Crippen LogP contribution < -0.4 is 11.2 Å². The van der Waals surface area contributed by atoms with Gasteiger partial charge in [0.1, 0.15) is 17.3 Å². The van der Waals surface area contributed by atoms with Crippen LogP contribution in [0.4, 0.5) is 8.78 Å². The predicted molar refractivity (Wildman–Crippen MR) is 44.6 cm³/mol. The Labute approximate surface area is 78.0 Å². The number of nitriles is 1. The maximum atomic E-state index is 12.3. The van der Waals surface area contributed by atoms with Crippen molar-refractivity contribution in [3.63, 3.8) is 0 Å². The van der Waals surface area contributed by atoms with E-state index in [0.717, 1.165) is 6.07 Å². The zero-order valence-corrected chi connectivity index (χ0v) is 7.05. The largest absolute Gasteiger partial charge is 0.355 e. The lowest BCUT2D eigenvalue weighted by molar-refractivity contribution is 0.145. The molecule has 0 fully saturated rings. The Hall–Kier alpha value is -1.74. The Morgan fingerprint density at radius 3 is 2.71 bits per heavy atom. The zero-order valence-electron chi connectivity index (χ0n) is 7.05. The van der Waals surface area contributed by atoms with E-state index in [4.69, 9.17) is 11.0 Å². The van der Waals surface area contributed by atoms with Crippen LogP contribution in [0.5, 0.6) is 0 Å². The summed E-state index contributed by atoms with van der Waals surface area (Å²) < 4.78 is 24.7. The van der Waals surface area contributed by atoms with Crippen LogP contribution in [0.2, 0.25) is 0 Å². The molecule has 0 radical (unpaired) electrons. The Morgan fingerprint density at radius 1 is 1.64 bits per heavy atom. The fourth-order valence-electron chi connectivity index (χ4n) is 1.02. The third-order valence-electron chi connectivity index (χ3n) is 1.67. The molecule has 0 amide bonds. The molecule has 1 rings (SSSR count). The first-order valence-electron chi connectivity index (χ1n) is 3.74. The van der Waals surface area contributed by atoms with E-state index in [2.05, 4.69) is 4.98 Å². The highest BCUT2D eigenvalue weighted by atomic mass is 19.3. The van der Waals surface area contributed by atoms with Crippen molar-refractivity contribution in [3.8, 4) is 6.07 Å². The molecule has 1 aromatic rings. The molecule has 0 aromatic carbocycles. The van der Waals surface area contributed by atoms with Gasteiger partial charge in [0, 0.05) is 18.3 Å². The number of pyridine rings is 1. The van der Waals surface area contributed by atoms with Gasteiger partial charge in [0.25, 0.3) is 6.43 Å². The van der Waals surface area contributed by atoms with E-state index in [0.29, 0.717) is 0 Å². The molecule has 0 bridgehead atoms. The minimum atomic E-state index is -2.89. The van der Waals surface area contributed by atoms with Crippen LogP contribution in [0.15, 0.2) is 10.9 Å². The number of nitrogens with one attached hydrogen (secondary N) is 1. The average Bonchev–Trinajstić information content (AvgIpc) is 2.16. The van der Waals surface area contributed by atoms with Crippen LogP contribution >= 0.6 is 0 Å². The molecule has 74 valence electrons. The predicted octanol–water partition coefficient (Wildman–Crippen LogP) is 0.643. The maximum absolute atomic E-state index is 12.3. The van der Waals surface area contributed by atoms with Gasteiger partial charge in [-0.15, -0.1) is 0 Å². The summed E-state index contributed by atoms with van der Waals surface area (Å²) in [6.45, 7) is -0.0549. The highest BCUT2D eigenvalue weighted by Crippen LogP contribution is 2.18. The highest BCUT2D eigenvalue weighted by Gasteiger charge is 2.17. The molecular formula is C8H7F2N3O. The lowest BCUT2D eigenvalue weighted by atomic mass is 10.2. The highest BCUT2D eigenvalue weighted by molar-refractivity contribution is 5.35. The molecule has 0 atom stereocenters. The van der Waals surface area contributed by atoms with Crippen molar-refractivity contribution >= 4 is 0 Å². The Kier molecular flexibility index (Phi) is 2.94. The van der Waals surface area contributed by atoms with Crippen molar-refractivity contribution < 1.29 is 8.78 Å². The summed E-state index contributed by atoms with van der Waals surface area (Å²) in [4.78, 5) is 13.4. The van der Waals surface area contributed by atoms with E-state index < -0.39 is 23.1 Å². The van der Waals surface area contributed by atoms with Crippen LogP contribution in [0, 0.1) is 11.3 Å². The van der Waals surface area contributed by atoms with Crippen molar-refractivity contribution in [3.05, 3.63) is 33.2 Å². The monoisotopic (exact) mass is 199 g/mol. The van der Waals surface area contributed by atoms with Gasteiger partial charge in [-0.2, -0.15) is 5.26 Å². The van der Waals surface area contributed by atoms with Gasteiger partial charge in [-0.25, -0.2) is 8.78 Å². The molecule has 0 aliphatic rings. The van der Waals surface area contributed by atoms with Crippen LogP contribution in [0.25, 0.3) is 0 Å². The number of rotatable bonds is 2. The Bertz CT molecular complexity index is 433. The summed E-state index contributed by atoms with van der Waals surface area (Å²) in [6, 6.07) is 2.48. The second-order valence-electron chi connectivity index (χ2n) is 2.56. The first kappa shape index (κ1) is 10.3. The minimum absolute atomic E-state index is 0.0549. The zero-order chi connectivity index (χ0) is 10.7. The fraction of sp³-hybridized carbons (Fsp3) is 0.250. The van der Waals surface area contributed by atoms with Crippen molar-refractivity contribution in [2.24, 2.45) is 5.73 Å². The molecule has 3 N–H and O–H groups in total. The molecular weight excluding hydrogens is 192 g/mol. The van der Waals surface area contributed by atoms with E-state index >= 15 is 0 Å². The quantitative estimate of drug-likeness (QED) is 0.733. The molecule has 6 heteroatoms. The normalized spacial score (nSPS) is 10.2. The number of hydrogen-bond acceptors (Lipinski definition) is 3. The van der Waals surface area contributed by atoms with E-state index in [1.54, 1.807) is 0 Å². The lowest BCUT2D eigenvalue weighted by Crippen LogP contribution is -2.15. The average molecular weight is 199 g/mol. The second kappa shape index (κ2) is 3.98. The van der Waals surface area contributed by atoms with Gasteiger partial charge in [0.05, 0.1) is 0 Å². The Morgan fingerprint density at radius 2 is 2.29 bits per heavy atom. The second-order valence-corrected chi connectivity index (χ2v) is 2.56. The van der Waals surface area contributed by atoms with Gasteiger partial charge in [0.15, 0.2) is 5.43 Å². The van der Waals surface area contributed by atoms with E-state index in [1.165, 1.54) is 6.07 Å². The number of nitrogens with zero attached hydrogens (tertiary/aromatic N) is 1. The first-order valence-corrected chi connectivity index (χ1v) is 3.74. The molecule has 1 aromatic heterocycles. The van der Waals surface area contributed by atoms with Gasteiger partial charge in [-0.1, -0.05) is 0 Å². The van der Waals surface area contributed by atoms with Crippen LogP contribution in [-0.2, 0) is 6.54 Å². The molecule has 0 saturated carbocycles. The summed E-state index contributed by atoms with van der Waals surface area (Å²) in [5, 5.41) is 8.48.